The summed E-state index contributed by atoms with van der Waals surface area (Å²) in [6, 6.07) is 8.15. The number of ether oxygens (including phenoxy) is 1. The highest BCUT2D eigenvalue weighted by molar-refractivity contribution is 5.28. The molecule has 1 heterocycles. The number of hydrogen-bond acceptors (Lipinski definition) is 3. The van der Waals surface area contributed by atoms with Crippen molar-refractivity contribution in [1.29, 1.82) is 0 Å². The molecule has 0 aromatic heterocycles. The Morgan fingerprint density at radius 1 is 1.44 bits per heavy atom. The summed E-state index contributed by atoms with van der Waals surface area (Å²) in [5.41, 5.74) is 1.39. The van der Waals surface area contributed by atoms with Crippen LogP contribution in [0.5, 0.6) is 5.75 Å². The minimum absolute atomic E-state index is 0.155. The predicted molar refractivity (Wildman–Crippen MR) is 72.7 cm³/mol. The number of aliphatic hydroxyl groups is 1. The standard InChI is InChI=1S/C15H23NO2/c1-15(2)8-7-13(17)11-16(15)10-12-5-4-6-14(9-12)18-3/h4-6,9,13,17H,7-8,10-11H2,1-3H3. The number of rotatable bonds is 3. The Hall–Kier alpha value is -1.06. The normalized spacial score (nSPS) is 23.9. The van der Waals surface area contributed by atoms with Gasteiger partial charge in [0.25, 0.3) is 0 Å². The first-order valence-corrected chi connectivity index (χ1v) is 6.57. The molecule has 0 aliphatic carbocycles. The molecule has 3 nitrogen and oxygen atoms in total. The maximum atomic E-state index is 9.82. The van der Waals surface area contributed by atoms with Gasteiger partial charge in [-0.2, -0.15) is 0 Å². The van der Waals surface area contributed by atoms with Gasteiger partial charge >= 0.3 is 0 Å². The van der Waals surface area contributed by atoms with Crippen LogP contribution in [-0.2, 0) is 6.54 Å². The summed E-state index contributed by atoms with van der Waals surface area (Å²) in [6.45, 7) is 6.11. The first-order chi connectivity index (χ1) is 8.51. The van der Waals surface area contributed by atoms with Gasteiger partial charge in [-0.1, -0.05) is 12.1 Å². The molecule has 0 amide bonds. The number of β-amino-alcohol motifs (C(OH)–C–C–N with tert-alkyl or cyclic N) is 1. The van der Waals surface area contributed by atoms with Crippen molar-refractivity contribution in [1.82, 2.24) is 4.90 Å². The van der Waals surface area contributed by atoms with Crippen molar-refractivity contribution in [2.75, 3.05) is 13.7 Å². The molecular formula is C15H23NO2. The molecule has 1 aromatic carbocycles. The van der Waals surface area contributed by atoms with Gasteiger partial charge in [-0.15, -0.1) is 0 Å². The Morgan fingerprint density at radius 2 is 2.22 bits per heavy atom. The van der Waals surface area contributed by atoms with Crippen LogP contribution in [0.1, 0.15) is 32.3 Å². The molecule has 1 saturated heterocycles. The number of aliphatic hydroxyl groups excluding tert-OH is 1. The van der Waals surface area contributed by atoms with Crippen molar-refractivity contribution >= 4 is 0 Å². The van der Waals surface area contributed by atoms with E-state index >= 15 is 0 Å². The fraction of sp³-hybridized carbons (Fsp3) is 0.600. The predicted octanol–water partition coefficient (Wildman–Crippen LogP) is 2.43. The molecule has 1 N–H and O–H groups in total. The molecule has 2 rings (SSSR count). The van der Waals surface area contributed by atoms with Crippen molar-refractivity contribution in [2.24, 2.45) is 0 Å². The van der Waals surface area contributed by atoms with Gasteiger partial charge in [-0.05, 0) is 44.4 Å². The smallest absolute Gasteiger partial charge is 0.119 e. The van der Waals surface area contributed by atoms with Gasteiger partial charge in [0.1, 0.15) is 5.75 Å². The van der Waals surface area contributed by atoms with E-state index in [2.05, 4.69) is 30.9 Å². The van der Waals surface area contributed by atoms with E-state index in [1.54, 1.807) is 7.11 Å². The van der Waals surface area contributed by atoms with Gasteiger partial charge in [0.2, 0.25) is 0 Å². The molecule has 0 spiro atoms. The first kappa shape index (κ1) is 13.4. The molecule has 3 heteroatoms. The summed E-state index contributed by atoms with van der Waals surface area (Å²) in [5.74, 6) is 0.892. The lowest BCUT2D eigenvalue weighted by atomic mass is 9.88. The zero-order chi connectivity index (χ0) is 13.2. The maximum absolute atomic E-state index is 9.82. The van der Waals surface area contributed by atoms with Crippen LogP contribution in [-0.4, -0.2) is 35.3 Å². The van der Waals surface area contributed by atoms with Gasteiger partial charge in [-0.25, -0.2) is 0 Å². The fourth-order valence-corrected chi connectivity index (χ4v) is 2.54. The molecule has 1 unspecified atom stereocenters. The third kappa shape index (κ3) is 3.03. The van der Waals surface area contributed by atoms with Gasteiger partial charge in [0.05, 0.1) is 13.2 Å². The number of hydrogen-bond donors (Lipinski definition) is 1. The second-order valence-corrected chi connectivity index (χ2v) is 5.74. The van der Waals surface area contributed by atoms with Gasteiger partial charge in [-0.3, -0.25) is 4.90 Å². The van der Waals surface area contributed by atoms with E-state index in [0.717, 1.165) is 31.7 Å². The Morgan fingerprint density at radius 3 is 2.94 bits per heavy atom. The molecule has 100 valence electrons. The Balaban J connectivity index is 2.11. The lowest BCUT2D eigenvalue weighted by Crippen LogP contribution is -2.51. The summed E-state index contributed by atoms with van der Waals surface area (Å²) in [7, 11) is 1.69. The topological polar surface area (TPSA) is 32.7 Å². The van der Waals surface area contributed by atoms with Gasteiger partial charge in [0.15, 0.2) is 0 Å². The quantitative estimate of drug-likeness (QED) is 0.893. The molecule has 1 aromatic rings. The van der Waals surface area contributed by atoms with Crippen LogP contribution in [0.25, 0.3) is 0 Å². The SMILES string of the molecule is COc1cccc(CN2CC(O)CCC2(C)C)c1. The van der Waals surface area contributed by atoms with Crippen LogP contribution >= 0.6 is 0 Å². The molecular weight excluding hydrogens is 226 g/mol. The Bertz CT molecular complexity index is 403. The molecule has 1 fully saturated rings. The third-order valence-corrected chi connectivity index (χ3v) is 3.88. The van der Waals surface area contributed by atoms with E-state index in [9.17, 15) is 5.11 Å². The molecule has 1 aliphatic rings. The first-order valence-electron chi connectivity index (χ1n) is 6.57. The van der Waals surface area contributed by atoms with Crippen LogP contribution in [0, 0.1) is 0 Å². The molecule has 0 bridgehead atoms. The number of methoxy groups -OCH3 is 1. The van der Waals surface area contributed by atoms with E-state index in [1.807, 2.05) is 12.1 Å². The minimum atomic E-state index is -0.191. The summed E-state index contributed by atoms with van der Waals surface area (Å²) in [6.07, 6.45) is 1.75. The number of nitrogens with zero attached hydrogens (tertiary/aromatic N) is 1. The average molecular weight is 249 g/mol. The molecule has 0 radical (unpaired) electrons. The highest BCUT2D eigenvalue weighted by Gasteiger charge is 2.33. The van der Waals surface area contributed by atoms with Crippen molar-refractivity contribution < 1.29 is 9.84 Å². The molecule has 18 heavy (non-hydrogen) atoms. The fourth-order valence-electron chi connectivity index (χ4n) is 2.54. The number of benzene rings is 1. The Kier molecular flexibility index (Phi) is 3.93. The van der Waals surface area contributed by atoms with E-state index < -0.39 is 0 Å². The van der Waals surface area contributed by atoms with E-state index in [1.165, 1.54) is 5.56 Å². The van der Waals surface area contributed by atoms with Crippen molar-refractivity contribution in [3.05, 3.63) is 29.8 Å². The van der Waals surface area contributed by atoms with Gasteiger partial charge in [0, 0.05) is 18.6 Å². The highest BCUT2D eigenvalue weighted by Crippen LogP contribution is 2.29. The van der Waals surface area contributed by atoms with Crippen LogP contribution in [0.4, 0.5) is 0 Å². The van der Waals surface area contributed by atoms with Gasteiger partial charge < -0.3 is 9.84 Å². The second-order valence-electron chi connectivity index (χ2n) is 5.74. The van der Waals surface area contributed by atoms with Crippen LogP contribution in [0.15, 0.2) is 24.3 Å². The third-order valence-electron chi connectivity index (χ3n) is 3.88. The monoisotopic (exact) mass is 249 g/mol. The van der Waals surface area contributed by atoms with Crippen molar-refractivity contribution in [3.63, 3.8) is 0 Å². The highest BCUT2D eigenvalue weighted by atomic mass is 16.5. The number of likely N-dealkylation sites (tertiary alicyclic amines) is 1. The average Bonchev–Trinajstić information content (AvgIpc) is 2.35. The largest absolute Gasteiger partial charge is 0.497 e. The lowest BCUT2D eigenvalue weighted by Gasteiger charge is -2.44. The van der Waals surface area contributed by atoms with Crippen LogP contribution < -0.4 is 4.74 Å². The summed E-state index contributed by atoms with van der Waals surface area (Å²) >= 11 is 0. The van der Waals surface area contributed by atoms with E-state index in [0.29, 0.717) is 0 Å². The zero-order valence-electron chi connectivity index (χ0n) is 11.5. The van der Waals surface area contributed by atoms with Crippen molar-refractivity contribution in [3.8, 4) is 5.75 Å². The van der Waals surface area contributed by atoms with Crippen LogP contribution in [0.2, 0.25) is 0 Å². The maximum Gasteiger partial charge on any atom is 0.119 e. The minimum Gasteiger partial charge on any atom is -0.497 e. The molecule has 1 aliphatic heterocycles. The molecule has 0 saturated carbocycles. The zero-order valence-corrected chi connectivity index (χ0v) is 11.5. The number of piperidine rings is 1. The molecule has 1 atom stereocenters. The lowest BCUT2D eigenvalue weighted by molar-refractivity contribution is -0.00961. The summed E-state index contributed by atoms with van der Waals surface area (Å²) in [4.78, 5) is 2.36. The van der Waals surface area contributed by atoms with Crippen molar-refractivity contribution in [2.45, 2.75) is 44.9 Å². The van der Waals surface area contributed by atoms with E-state index in [4.69, 9.17) is 4.74 Å². The second kappa shape index (κ2) is 5.29. The summed E-state index contributed by atoms with van der Waals surface area (Å²) in [5, 5.41) is 9.82. The van der Waals surface area contributed by atoms with Crippen LogP contribution in [0.3, 0.4) is 0 Å². The summed E-state index contributed by atoms with van der Waals surface area (Å²) < 4.78 is 5.25. The van der Waals surface area contributed by atoms with E-state index in [-0.39, 0.29) is 11.6 Å². The Labute approximate surface area is 109 Å².